The second kappa shape index (κ2) is 8.98. The van der Waals surface area contributed by atoms with Crippen molar-refractivity contribution in [1.29, 1.82) is 5.41 Å². The van der Waals surface area contributed by atoms with E-state index in [2.05, 4.69) is 4.98 Å². The van der Waals surface area contributed by atoms with Gasteiger partial charge in [-0.15, -0.1) is 0 Å². The van der Waals surface area contributed by atoms with Crippen molar-refractivity contribution in [3.05, 3.63) is 117 Å². The number of benzene rings is 2. The van der Waals surface area contributed by atoms with Crippen molar-refractivity contribution in [1.82, 2.24) is 4.98 Å². The zero-order chi connectivity index (χ0) is 24.5. The molecule has 0 fully saturated rings. The fraction of sp³-hybridized carbons (Fsp3) is 0.148. The molecule has 0 amide bonds. The minimum atomic E-state index is -0.659. The molecule has 0 spiro atoms. The Hall–Kier alpha value is -4.59. The highest BCUT2D eigenvalue weighted by Crippen LogP contribution is 2.47. The van der Waals surface area contributed by atoms with Crippen LogP contribution >= 0.6 is 0 Å². The molecule has 35 heavy (non-hydrogen) atoms. The molecular weight excluding hydrogens is 444 g/mol. The number of amidine groups is 1. The van der Waals surface area contributed by atoms with Crippen molar-refractivity contribution in [2.45, 2.75) is 25.2 Å². The molecule has 0 bridgehead atoms. The van der Waals surface area contributed by atoms with Crippen molar-refractivity contribution >= 4 is 28.8 Å². The number of aromatic nitrogens is 1. The Morgan fingerprint density at radius 2 is 1.80 bits per heavy atom. The van der Waals surface area contributed by atoms with Gasteiger partial charge < -0.3 is 5.11 Å². The fourth-order valence-corrected chi connectivity index (χ4v) is 4.83. The van der Waals surface area contributed by atoms with E-state index in [1.165, 1.54) is 12.1 Å². The molecule has 0 radical (unpaired) electrons. The van der Waals surface area contributed by atoms with E-state index in [1.807, 2.05) is 12.1 Å². The summed E-state index contributed by atoms with van der Waals surface area (Å²) >= 11 is 0. The van der Waals surface area contributed by atoms with Gasteiger partial charge in [0.2, 0.25) is 0 Å². The monoisotopic (exact) mass is 466 g/mol. The highest BCUT2D eigenvalue weighted by Gasteiger charge is 2.43. The van der Waals surface area contributed by atoms with Gasteiger partial charge in [0.05, 0.1) is 4.92 Å². The Labute approximate surface area is 201 Å². The van der Waals surface area contributed by atoms with E-state index in [4.69, 9.17) is 0 Å². The van der Waals surface area contributed by atoms with Crippen molar-refractivity contribution in [3.63, 3.8) is 0 Å². The minimum Gasteiger partial charge on any atom is -0.507 e. The van der Waals surface area contributed by atoms with Crippen LogP contribution in [0.25, 0.3) is 5.76 Å². The number of aliphatic hydroxyl groups excluding tert-OH is 1. The quantitative estimate of drug-likeness (QED) is 0.296. The van der Waals surface area contributed by atoms with Crippen molar-refractivity contribution in [2.75, 3.05) is 4.90 Å². The van der Waals surface area contributed by atoms with Crippen LogP contribution < -0.4 is 4.90 Å². The van der Waals surface area contributed by atoms with E-state index in [0.29, 0.717) is 47.3 Å². The molecule has 2 heterocycles. The van der Waals surface area contributed by atoms with Gasteiger partial charge in [-0.1, -0.05) is 36.4 Å². The minimum absolute atomic E-state index is 0.0162. The summed E-state index contributed by atoms with van der Waals surface area (Å²) < 4.78 is 0. The van der Waals surface area contributed by atoms with Crippen molar-refractivity contribution in [3.8, 4) is 0 Å². The van der Waals surface area contributed by atoms with Crippen LogP contribution in [-0.2, 0) is 4.79 Å². The standard InChI is InChI=1S/C27H22N4O4/c28-27-25(26(33)17-6-2-1-3-7-17)23(18-8-5-15-29-16-18)24-21(9-4-10-22(24)32)30(27)19-11-13-20(14-12-19)31(34)35/h1-3,5-8,11-16,23,28,33H,4,9-10H2/t23-/m1/s1. The largest absolute Gasteiger partial charge is 0.507 e. The third-order valence-corrected chi connectivity index (χ3v) is 6.39. The van der Waals surface area contributed by atoms with Gasteiger partial charge in [0.1, 0.15) is 11.6 Å². The summed E-state index contributed by atoms with van der Waals surface area (Å²) in [5.41, 5.74) is 3.18. The molecule has 2 aromatic carbocycles. The number of aliphatic hydroxyl groups is 1. The number of hydrogen-bond acceptors (Lipinski definition) is 6. The van der Waals surface area contributed by atoms with Crippen LogP contribution in [0.3, 0.4) is 0 Å². The van der Waals surface area contributed by atoms with Crippen LogP contribution in [0.2, 0.25) is 0 Å². The molecule has 174 valence electrons. The second-order valence-electron chi connectivity index (χ2n) is 8.44. The first-order valence-electron chi connectivity index (χ1n) is 11.3. The number of hydrogen-bond donors (Lipinski definition) is 2. The molecular formula is C27H22N4O4. The molecule has 0 saturated carbocycles. The van der Waals surface area contributed by atoms with E-state index < -0.39 is 10.8 Å². The Bertz CT molecular complexity index is 1380. The van der Waals surface area contributed by atoms with E-state index >= 15 is 0 Å². The van der Waals surface area contributed by atoms with Crippen LogP contribution in [0.15, 0.2) is 96.0 Å². The molecule has 8 heteroatoms. The number of carbonyl (C=O) groups is 1. The number of nitrogens with one attached hydrogen (secondary N) is 1. The van der Waals surface area contributed by atoms with Crippen LogP contribution in [0.5, 0.6) is 0 Å². The number of ketones is 1. The molecule has 3 aromatic rings. The number of carbonyl (C=O) groups excluding carboxylic acids is 1. The Balaban J connectivity index is 1.79. The predicted octanol–water partition coefficient (Wildman–Crippen LogP) is 5.55. The molecule has 1 aromatic heterocycles. The summed E-state index contributed by atoms with van der Waals surface area (Å²) in [6.45, 7) is 0. The lowest BCUT2D eigenvalue weighted by atomic mass is 9.74. The Morgan fingerprint density at radius 1 is 1.06 bits per heavy atom. The number of nitrogens with zero attached hydrogens (tertiary/aromatic N) is 3. The van der Waals surface area contributed by atoms with Gasteiger partial charge in [-0.2, -0.15) is 0 Å². The van der Waals surface area contributed by atoms with Crippen molar-refractivity contribution in [2.24, 2.45) is 0 Å². The maximum Gasteiger partial charge on any atom is 0.269 e. The summed E-state index contributed by atoms with van der Waals surface area (Å²) in [4.78, 5) is 29.9. The first-order valence-corrected chi connectivity index (χ1v) is 11.3. The molecule has 8 nitrogen and oxygen atoms in total. The summed E-state index contributed by atoms with van der Waals surface area (Å²) in [7, 11) is 0. The molecule has 1 atom stereocenters. The predicted molar refractivity (Wildman–Crippen MR) is 132 cm³/mol. The average Bonchev–Trinajstić information content (AvgIpc) is 2.89. The maximum atomic E-state index is 13.4. The molecule has 1 aliphatic carbocycles. The van der Waals surface area contributed by atoms with Gasteiger partial charge >= 0.3 is 0 Å². The zero-order valence-corrected chi connectivity index (χ0v) is 18.7. The topological polar surface area (TPSA) is 120 Å². The lowest BCUT2D eigenvalue weighted by molar-refractivity contribution is -0.384. The number of nitro groups is 1. The lowest BCUT2D eigenvalue weighted by Gasteiger charge is -2.41. The molecule has 0 saturated heterocycles. The van der Waals surface area contributed by atoms with Gasteiger partial charge in [0.25, 0.3) is 5.69 Å². The van der Waals surface area contributed by atoms with Crippen LogP contribution in [-0.4, -0.2) is 26.6 Å². The second-order valence-corrected chi connectivity index (χ2v) is 8.44. The number of nitro benzene ring substituents is 1. The maximum absolute atomic E-state index is 13.4. The number of rotatable bonds is 4. The first kappa shape index (κ1) is 22.2. The molecule has 5 rings (SSSR count). The number of Topliss-reactive ketones (excluding diaryl/α,β-unsaturated/α-hetero) is 1. The number of non-ortho nitro benzene ring substituents is 1. The lowest BCUT2D eigenvalue weighted by Crippen LogP contribution is -2.42. The highest BCUT2D eigenvalue weighted by molar-refractivity contribution is 6.19. The third kappa shape index (κ3) is 3.89. The summed E-state index contributed by atoms with van der Waals surface area (Å²) in [6.07, 6.45) is 4.87. The molecule has 2 aliphatic rings. The zero-order valence-electron chi connectivity index (χ0n) is 18.7. The number of anilines is 1. The Kier molecular flexibility index (Phi) is 5.70. The van der Waals surface area contributed by atoms with Crippen LogP contribution in [0, 0.1) is 15.5 Å². The molecule has 0 unspecified atom stereocenters. The highest BCUT2D eigenvalue weighted by atomic mass is 16.6. The molecule has 1 aliphatic heterocycles. The van der Waals surface area contributed by atoms with Crippen molar-refractivity contribution < 1.29 is 14.8 Å². The fourth-order valence-electron chi connectivity index (χ4n) is 4.83. The first-order chi connectivity index (χ1) is 17.0. The number of allylic oxidation sites excluding steroid dienone is 2. The smallest absolute Gasteiger partial charge is 0.269 e. The van der Waals surface area contributed by atoms with Gasteiger partial charge in [-0.05, 0) is 36.6 Å². The van der Waals surface area contributed by atoms with Crippen LogP contribution in [0.1, 0.15) is 36.3 Å². The summed E-state index contributed by atoms with van der Waals surface area (Å²) in [5, 5.41) is 31.9. The normalized spacial score (nSPS) is 19.4. The van der Waals surface area contributed by atoms with Gasteiger partial charge in [0, 0.05) is 65.0 Å². The van der Waals surface area contributed by atoms with E-state index in [9.17, 15) is 25.4 Å². The van der Waals surface area contributed by atoms with Gasteiger partial charge in [0.15, 0.2) is 5.78 Å². The summed E-state index contributed by atoms with van der Waals surface area (Å²) in [5.74, 6) is -0.782. The molecule has 2 N–H and O–H groups in total. The summed E-state index contributed by atoms with van der Waals surface area (Å²) in [6, 6.07) is 18.4. The van der Waals surface area contributed by atoms with E-state index in [1.54, 1.807) is 59.8 Å². The average molecular weight is 466 g/mol. The van der Waals surface area contributed by atoms with E-state index in [0.717, 1.165) is 0 Å². The van der Waals surface area contributed by atoms with E-state index in [-0.39, 0.29) is 28.6 Å². The van der Waals surface area contributed by atoms with Gasteiger partial charge in [-0.25, -0.2) is 0 Å². The Morgan fingerprint density at radius 3 is 2.46 bits per heavy atom. The van der Waals surface area contributed by atoms with Gasteiger partial charge in [-0.3, -0.25) is 30.2 Å². The third-order valence-electron chi connectivity index (χ3n) is 6.39. The van der Waals surface area contributed by atoms with Crippen LogP contribution in [0.4, 0.5) is 11.4 Å². The number of pyridine rings is 1. The SMILES string of the molecule is N=C1C(=C(O)c2ccccc2)[C@H](c2cccnc2)C2=C(CCCC2=O)N1c1ccc([N+](=O)[O-])cc1.